The molecular formula is C23H20F2N6O. The van der Waals surface area contributed by atoms with Gasteiger partial charge in [-0.1, -0.05) is 0 Å². The van der Waals surface area contributed by atoms with Crippen molar-refractivity contribution in [3.8, 4) is 11.3 Å². The van der Waals surface area contributed by atoms with Gasteiger partial charge in [-0.05, 0) is 43.0 Å². The monoisotopic (exact) mass is 434 g/mol. The zero-order chi connectivity index (χ0) is 21.8. The summed E-state index contributed by atoms with van der Waals surface area (Å²) in [5.74, 6) is -0.843. The molecule has 0 amide bonds. The minimum atomic E-state index is -0.677. The quantitative estimate of drug-likeness (QED) is 0.477. The lowest BCUT2D eigenvalue weighted by Gasteiger charge is -2.21. The lowest BCUT2D eigenvalue weighted by molar-refractivity contribution is 0.0825. The number of aryl methyl sites for hydroxylation is 1. The third kappa shape index (κ3) is 3.29. The van der Waals surface area contributed by atoms with Crippen LogP contribution in [0.1, 0.15) is 42.8 Å². The van der Waals surface area contributed by atoms with Crippen molar-refractivity contribution in [2.45, 2.75) is 31.4 Å². The van der Waals surface area contributed by atoms with Gasteiger partial charge in [0.05, 0.1) is 25.2 Å². The maximum absolute atomic E-state index is 14.7. The molecule has 3 aromatic heterocycles. The van der Waals surface area contributed by atoms with Crippen LogP contribution in [0.3, 0.4) is 0 Å². The van der Waals surface area contributed by atoms with Crippen molar-refractivity contribution in [3.63, 3.8) is 0 Å². The van der Waals surface area contributed by atoms with E-state index < -0.39 is 11.6 Å². The Morgan fingerprint density at radius 3 is 2.84 bits per heavy atom. The first kappa shape index (κ1) is 19.2. The van der Waals surface area contributed by atoms with E-state index in [1.165, 1.54) is 12.1 Å². The summed E-state index contributed by atoms with van der Waals surface area (Å²) >= 11 is 0. The summed E-state index contributed by atoms with van der Waals surface area (Å²) in [5, 5.41) is 4.46. The van der Waals surface area contributed by atoms with E-state index in [2.05, 4.69) is 15.1 Å². The fourth-order valence-electron chi connectivity index (χ4n) is 4.10. The third-order valence-corrected chi connectivity index (χ3v) is 5.94. The Morgan fingerprint density at radius 1 is 1.16 bits per heavy atom. The topological polar surface area (TPSA) is 70.7 Å². The molecule has 4 aromatic rings. The molecule has 2 aliphatic rings. The molecule has 0 N–H and O–H groups in total. The smallest absolute Gasteiger partial charge is 0.182 e. The van der Waals surface area contributed by atoms with Gasteiger partial charge in [0.2, 0.25) is 0 Å². The zero-order valence-electron chi connectivity index (χ0n) is 17.4. The van der Waals surface area contributed by atoms with Crippen molar-refractivity contribution in [1.82, 2.24) is 29.3 Å². The highest BCUT2D eigenvalue weighted by Crippen LogP contribution is 2.37. The van der Waals surface area contributed by atoms with Crippen LogP contribution in [0, 0.1) is 11.6 Å². The fourth-order valence-corrected chi connectivity index (χ4v) is 4.10. The lowest BCUT2D eigenvalue weighted by atomic mass is 10.0. The van der Waals surface area contributed by atoms with E-state index in [4.69, 9.17) is 9.72 Å². The number of rotatable bonds is 4. The normalized spacial score (nSPS) is 18.8. The van der Waals surface area contributed by atoms with Crippen LogP contribution in [0.15, 0.2) is 43.0 Å². The molecule has 0 unspecified atom stereocenters. The summed E-state index contributed by atoms with van der Waals surface area (Å²) in [6, 6.07) is 3.99. The molecule has 7 nitrogen and oxygen atoms in total. The number of imidazole rings is 1. The van der Waals surface area contributed by atoms with E-state index in [1.807, 2.05) is 23.2 Å². The molecule has 1 aliphatic heterocycles. The summed E-state index contributed by atoms with van der Waals surface area (Å²) in [6.07, 6.45) is 10.2. The molecule has 0 saturated heterocycles. The SMILES string of the molecule is Cn1cnc2nc(C3=C[C@H](c4cnn(C5CC5)c4)OCC3)nc(-c3ccc(F)cc3F)c21. The first-order valence-corrected chi connectivity index (χ1v) is 10.6. The minimum Gasteiger partial charge on any atom is -0.369 e. The number of fused-ring (bicyclic) bond motifs is 1. The van der Waals surface area contributed by atoms with Crippen LogP contribution in [-0.2, 0) is 11.8 Å². The second-order valence-electron chi connectivity index (χ2n) is 8.27. The summed E-state index contributed by atoms with van der Waals surface area (Å²) in [6.45, 7) is 0.509. The van der Waals surface area contributed by atoms with Crippen molar-refractivity contribution < 1.29 is 13.5 Å². The van der Waals surface area contributed by atoms with Gasteiger partial charge in [0.25, 0.3) is 0 Å². The first-order valence-electron chi connectivity index (χ1n) is 10.6. The number of aromatic nitrogens is 6. The van der Waals surface area contributed by atoms with Gasteiger partial charge in [-0.2, -0.15) is 5.10 Å². The van der Waals surface area contributed by atoms with Gasteiger partial charge in [0.15, 0.2) is 11.5 Å². The number of hydrogen-bond acceptors (Lipinski definition) is 5. The van der Waals surface area contributed by atoms with E-state index >= 15 is 0 Å². The highest BCUT2D eigenvalue weighted by molar-refractivity contribution is 5.89. The Balaban J connectivity index is 1.45. The molecule has 6 rings (SSSR count). The first-order chi connectivity index (χ1) is 15.6. The number of benzene rings is 1. The van der Waals surface area contributed by atoms with Gasteiger partial charge in [-0.25, -0.2) is 23.7 Å². The second-order valence-corrected chi connectivity index (χ2v) is 8.27. The van der Waals surface area contributed by atoms with Gasteiger partial charge >= 0.3 is 0 Å². The van der Waals surface area contributed by atoms with Crippen LogP contribution in [0.5, 0.6) is 0 Å². The van der Waals surface area contributed by atoms with Gasteiger partial charge < -0.3 is 9.30 Å². The molecule has 1 fully saturated rings. The highest BCUT2D eigenvalue weighted by Gasteiger charge is 2.27. The molecule has 1 aliphatic carbocycles. The predicted octanol–water partition coefficient (Wildman–Crippen LogP) is 4.38. The molecule has 1 atom stereocenters. The minimum absolute atomic E-state index is 0.207. The summed E-state index contributed by atoms with van der Waals surface area (Å²) < 4.78 is 37.9. The van der Waals surface area contributed by atoms with E-state index in [9.17, 15) is 8.78 Å². The number of halogens is 2. The van der Waals surface area contributed by atoms with Gasteiger partial charge in [-0.3, -0.25) is 4.68 Å². The van der Waals surface area contributed by atoms with Crippen LogP contribution in [0.4, 0.5) is 8.78 Å². The number of ether oxygens (including phenoxy) is 1. The third-order valence-electron chi connectivity index (χ3n) is 5.94. The largest absolute Gasteiger partial charge is 0.369 e. The van der Waals surface area contributed by atoms with E-state index in [0.717, 1.165) is 30.0 Å². The van der Waals surface area contributed by atoms with Crippen molar-refractivity contribution in [3.05, 3.63) is 66.0 Å². The highest BCUT2D eigenvalue weighted by atomic mass is 19.1. The van der Waals surface area contributed by atoms with Crippen molar-refractivity contribution in [1.29, 1.82) is 0 Å². The standard InChI is InChI=1S/C23H20F2N6O/c1-30-12-26-23-21(30)20(17-5-2-15(24)9-18(17)25)28-22(29-23)13-6-7-32-19(8-13)14-10-27-31(11-14)16-3-4-16/h2,5,8-12,16,19H,3-4,6-7H2,1H3/t19-/m1/s1. The van der Waals surface area contributed by atoms with Crippen LogP contribution >= 0.6 is 0 Å². The summed E-state index contributed by atoms with van der Waals surface area (Å²) in [4.78, 5) is 13.7. The van der Waals surface area contributed by atoms with Crippen molar-refractivity contribution >= 4 is 16.7 Å². The molecule has 4 heterocycles. The molecule has 32 heavy (non-hydrogen) atoms. The second kappa shape index (κ2) is 7.30. The molecule has 162 valence electrons. The van der Waals surface area contributed by atoms with E-state index in [-0.39, 0.29) is 11.7 Å². The van der Waals surface area contributed by atoms with Crippen molar-refractivity contribution in [2.24, 2.45) is 7.05 Å². The maximum atomic E-state index is 14.7. The Kier molecular flexibility index (Phi) is 4.39. The Hall–Kier alpha value is -3.46. The average molecular weight is 434 g/mol. The molecule has 0 radical (unpaired) electrons. The number of nitrogens with zero attached hydrogens (tertiary/aromatic N) is 6. The average Bonchev–Trinajstić information content (AvgIpc) is 3.40. The molecule has 0 spiro atoms. The molecule has 9 heteroatoms. The van der Waals surface area contributed by atoms with Gasteiger partial charge in [0.1, 0.15) is 28.9 Å². The molecule has 0 bridgehead atoms. The van der Waals surface area contributed by atoms with Gasteiger partial charge in [0, 0.05) is 30.4 Å². The van der Waals surface area contributed by atoms with Gasteiger partial charge in [-0.15, -0.1) is 0 Å². The molecule has 1 aromatic carbocycles. The predicted molar refractivity (Wildman–Crippen MR) is 113 cm³/mol. The lowest BCUT2D eigenvalue weighted by Crippen LogP contribution is -2.12. The van der Waals surface area contributed by atoms with E-state index in [1.54, 1.807) is 17.9 Å². The summed E-state index contributed by atoms with van der Waals surface area (Å²) in [7, 11) is 1.80. The van der Waals surface area contributed by atoms with Crippen LogP contribution < -0.4 is 0 Å². The van der Waals surface area contributed by atoms with Crippen molar-refractivity contribution in [2.75, 3.05) is 6.61 Å². The Bertz CT molecular complexity index is 1370. The molecule has 1 saturated carbocycles. The Labute approximate surface area is 182 Å². The van der Waals surface area contributed by atoms with E-state index in [0.29, 0.717) is 41.8 Å². The van der Waals surface area contributed by atoms with Crippen LogP contribution in [0.2, 0.25) is 0 Å². The summed E-state index contributed by atoms with van der Waals surface area (Å²) in [5.41, 5.74) is 3.53. The molecular weight excluding hydrogens is 414 g/mol. The number of hydrogen-bond donors (Lipinski definition) is 0. The maximum Gasteiger partial charge on any atom is 0.182 e. The zero-order valence-corrected chi connectivity index (χ0v) is 17.4. The fraction of sp³-hybridized carbons (Fsp3) is 0.304. The van der Waals surface area contributed by atoms with Crippen LogP contribution in [0.25, 0.3) is 28.0 Å². The van der Waals surface area contributed by atoms with Crippen LogP contribution in [-0.4, -0.2) is 35.9 Å². The Morgan fingerprint density at radius 2 is 2.03 bits per heavy atom.